The molecule has 0 bridgehead atoms. The lowest BCUT2D eigenvalue weighted by Crippen LogP contribution is -2.48. The number of benzene rings is 1. The first-order valence-electron chi connectivity index (χ1n) is 8.98. The van der Waals surface area contributed by atoms with Crippen LogP contribution in [-0.2, 0) is 9.53 Å². The van der Waals surface area contributed by atoms with Gasteiger partial charge in [-0.2, -0.15) is 0 Å². The molecule has 8 nitrogen and oxygen atoms in total. The number of amides is 3. The smallest absolute Gasteiger partial charge is 0.339 e. The van der Waals surface area contributed by atoms with E-state index in [9.17, 15) is 14.4 Å². The number of ether oxygens (including phenoxy) is 3. The molecular formula is C19H26N2O6. The van der Waals surface area contributed by atoms with E-state index in [0.717, 1.165) is 25.7 Å². The Kier molecular flexibility index (Phi) is 7.45. The number of hydrogen-bond donors (Lipinski definition) is 2. The van der Waals surface area contributed by atoms with Crippen molar-refractivity contribution in [2.24, 2.45) is 0 Å². The van der Waals surface area contributed by atoms with Gasteiger partial charge >= 0.3 is 12.0 Å². The Morgan fingerprint density at radius 3 is 2.15 bits per heavy atom. The van der Waals surface area contributed by atoms with E-state index in [4.69, 9.17) is 14.2 Å². The highest BCUT2D eigenvalue weighted by Crippen LogP contribution is 2.23. The fourth-order valence-corrected chi connectivity index (χ4v) is 2.89. The van der Waals surface area contributed by atoms with Crippen LogP contribution in [-0.4, -0.2) is 44.3 Å². The zero-order valence-corrected chi connectivity index (χ0v) is 15.9. The van der Waals surface area contributed by atoms with Gasteiger partial charge in [0, 0.05) is 12.1 Å². The maximum atomic E-state index is 12.3. The van der Waals surface area contributed by atoms with Crippen LogP contribution in [0.4, 0.5) is 4.79 Å². The van der Waals surface area contributed by atoms with E-state index in [0.29, 0.717) is 11.5 Å². The Morgan fingerprint density at radius 1 is 1.00 bits per heavy atom. The monoisotopic (exact) mass is 378 g/mol. The molecule has 3 amide bonds. The molecule has 148 valence electrons. The summed E-state index contributed by atoms with van der Waals surface area (Å²) in [6.07, 6.45) is 3.98. The minimum atomic E-state index is -1.13. The quantitative estimate of drug-likeness (QED) is 0.737. The van der Waals surface area contributed by atoms with E-state index in [1.54, 1.807) is 6.07 Å². The molecule has 0 radical (unpaired) electrons. The first-order valence-corrected chi connectivity index (χ1v) is 8.98. The Balaban J connectivity index is 1.89. The minimum absolute atomic E-state index is 0.0775. The molecule has 0 aliphatic heterocycles. The van der Waals surface area contributed by atoms with Crippen molar-refractivity contribution in [2.45, 2.75) is 51.2 Å². The summed E-state index contributed by atoms with van der Waals surface area (Å²) in [5, 5.41) is 4.99. The number of hydrogen-bond acceptors (Lipinski definition) is 6. The second-order valence-corrected chi connectivity index (χ2v) is 6.45. The van der Waals surface area contributed by atoms with Crippen LogP contribution >= 0.6 is 0 Å². The fraction of sp³-hybridized carbons (Fsp3) is 0.526. The summed E-state index contributed by atoms with van der Waals surface area (Å²) < 4.78 is 15.4. The molecule has 1 aliphatic rings. The Bertz CT molecular complexity index is 663. The molecule has 0 saturated heterocycles. The molecular weight excluding hydrogens is 352 g/mol. The van der Waals surface area contributed by atoms with Gasteiger partial charge in [-0.3, -0.25) is 10.1 Å². The van der Waals surface area contributed by atoms with Crippen LogP contribution < -0.4 is 20.1 Å². The Labute approximate surface area is 158 Å². The van der Waals surface area contributed by atoms with Crippen molar-refractivity contribution < 1.29 is 28.6 Å². The number of esters is 1. The number of carbonyl (C=O) groups is 3. The minimum Gasteiger partial charge on any atom is -0.497 e. The van der Waals surface area contributed by atoms with E-state index < -0.39 is 24.0 Å². The highest BCUT2D eigenvalue weighted by atomic mass is 16.5. The highest BCUT2D eigenvalue weighted by molar-refractivity contribution is 5.98. The van der Waals surface area contributed by atoms with Crippen LogP contribution in [0.15, 0.2) is 18.2 Å². The molecule has 1 aliphatic carbocycles. The zero-order valence-electron chi connectivity index (χ0n) is 15.9. The molecule has 0 aromatic heterocycles. The lowest BCUT2D eigenvalue weighted by molar-refractivity contribution is -0.127. The summed E-state index contributed by atoms with van der Waals surface area (Å²) in [7, 11) is 2.93. The maximum absolute atomic E-state index is 12.3. The zero-order chi connectivity index (χ0) is 19.8. The van der Waals surface area contributed by atoms with Crippen LogP contribution in [0.3, 0.4) is 0 Å². The third kappa shape index (κ3) is 6.16. The number of imide groups is 1. The van der Waals surface area contributed by atoms with Crippen molar-refractivity contribution >= 4 is 17.9 Å². The normalized spacial score (nSPS) is 15.4. The first-order chi connectivity index (χ1) is 12.9. The van der Waals surface area contributed by atoms with Gasteiger partial charge in [0.25, 0.3) is 5.91 Å². The summed E-state index contributed by atoms with van der Waals surface area (Å²) in [6, 6.07) is 4.07. The fourth-order valence-electron chi connectivity index (χ4n) is 2.89. The van der Waals surface area contributed by atoms with Gasteiger partial charge in [-0.15, -0.1) is 0 Å². The summed E-state index contributed by atoms with van der Waals surface area (Å²) in [5.74, 6) is -0.565. The molecule has 1 saturated carbocycles. The number of rotatable bonds is 6. The van der Waals surface area contributed by atoms with Crippen LogP contribution in [0.5, 0.6) is 11.5 Å². The van der Waals surface area contributed by atoms with E-state index in [1.165, 1.54) is 39.7 Å². The van der Waals surface area contributed by atoms with Crippen LogP contribution in [0, 0.1) is 0 Å². The molecule has 27 heavy (non-hydrogen) atoms. The van der Waals surface area contributed by atoms with Gasteiger partial charge in [0.15, 0.2) is 6.10 Å². The predicted molar refractivity (Wildman–Crippen MR) is 98.0 cm³/mol. The van der Waals surface area contributed by atoms with Crippen molar-refractivity contribution in [2.75, 3.05) is 14.2 Å². The molecule has 0 spiro atoms. The van der Waals surface area contributed by atoms with Gasteiger partial charge in [-0.05, 0) is 31.9 Å². The van der Waals surface area contributed by atoms with Gasteiger partial charge in [0.2, 0.25) is 0 Å². The average Bonchev–Trinajstić information content (AvgIpc) is 2.67. The first kappa shape index (κ1) is 20.5. The molecule has 2 N–H and O–H groups in total. The molecule has 1 aromatic rings. The average molecular weight is 378 g/mol. The van der Waals surface area contributed by atoms with Gasteiger partial charge in [0.05, 0.1) is 19.8 Å². The predicted octanol–water partition coefficient (Wildman–Crippen LogP) is 2.41. The van der Waals surface area contributed by atoms with Crippen molar-refractivity contribution in [3.8, 4) is 11.5 Å². The molecule has 2 rings (SSSR count). The third-order valence-corrected chi connectivity index (χ3v) is 4.42. The summed E-state index contributed by atoms with van der Waals surface area (Å²) >= 11 is 0. The van der Waals surface area contributed by atoms with Crippen molar-refractivity contribution in [3.05, 3.63) is 23.8 Å². The SMILES string of the molecule is COc1cc(OC)cc(C(=O)O[C@H](C)C(=O)NC(=O)NC2CCCCC2)c1. The van der Waals surface area contributed by atoms with Crippen LogP contribution in [0.2, 0.25) is 0 Å². The number of nitrogens with one attached hydrogen (secondary N) is 2. The lowest BCUT2D eigenvalue weighted by atomic mass is 9.96. The second kappa shape index (κ2) is 9.80. The van der Waals surface area contributed by atoms with E-state index >= 15 is 0 Å². The van der Waals surface area contributed by atoms with Gasteiger partial charge in [0.1, 0.15) is 11.5 Å². The molecule has 0 unspecified atom stereocenters. The summed E-state index contributed by atoms with van der Waals surface area (Å²) in [5.41, 5.74) is 0.178. The largest absolute Gasteiger partial charge is 0.497 e. The van der Waals surface area contributed by atoms with Gasteiger partial charge in [-0.1, -0.05) is 19.3 Å². The molecule has 8 heteroatoms. The Hall–Kier alpha value is -2.77. The van der Waals surface area contributed by atoms with Gasteiger partial charge in [-0.25, -0.2) is 9.59 Å². The van der Waals surface area contributed by atoms with E-state index in [2.05, 4.69) is 10.6 Å². The highest BCUT2D eigenvalue weighted by Gasteiger charge is 2.23. The summed E-state index contributed by atoms with van der Waals surface area (Å²) in [4.78, 5) is 36.3. The topological polar surface area (TPSA) is 103 Å². The molecule has 1 fully saturated rings. The lowest BCUT2D eigenvalue weighted by Gasteiger charge is -2.23. The summed E-state index contributed by atoms with van der Waals surface area (Å²) in [6.45, 7) is 1.40. The number of methoxy groups -OCH3 is 2. The second-order valence-electron chi connectivity index (χ2n) is 6.45. The van der Waals surface area contributed by atoms with Crippen molar-refractivity contribution in [1.82, 2.24) is 10.6 Å². The van der Waals surface area contributed by atoms with Gasteiger partial charge < -0.3 is 19.5 Å². The standard InChI is InChI=1S/C19H26N2O6/c1-12(17(22)21-19(24)20-14-7-5-4-6-8-14)27-18(23)13-9-15(25-2)11-16(10-13)26-3/h9-12,14H,4-8H2,1-3H3,(H2,20,21,22,24)/t12-/m1/s1. The Morgan fingerprint density at radius 2 is 1.59 bits per heavy atom. The van der Waals surface area contributed by atoms with Crippen LogP contribution in [0.25, 0.3) is 0 Å². The van der Waals surface area contributed by atoms with Crippen molar-refractivity contribution in [1.29, 1.82) is 0 Å². The van der Waals surface area contributed by atoms with E-state index in [1.807, 2.05) is 0 Å². The van der Waals surface area contributed by atoms with Crippen molar-refractivity contribution in [3.63, 3.8) is 0 Å². The van der Waals surface area contributed by atoms with E-state index in [-0.39, 0.29) is 11.6 Å². The number of urea groups is 1. The molecule has 1 atom stereocenters. The molecule has 0 heterocycles. The maximum Gasteiger partial charge on any atom is 0.339 e. The third-order valence-electron chi connectivity index (χ3n) is 4.42. The number of carbonyl (C=O) groups excluding carboxylic acids is 3. The molecule has 1 aromatic carbocycles. The van der Waals surface area contributed by atoms with Crippen LogP contribution in [0.1, 0.15) is 49.4 Å².